The van der Waals surface area contributed by atoms with Crippen molar-refractivity contribution in [3.8, 4) is 5.75 Å². The maximum Gasteiger partial charge on any atom is 0.303 e. The van der Waals surface area contributed by atoms with E-state index in [1.54, 1.807) is 19.2 Å². The number of carboxylic acid groups (broad SMARTS) is 1. The van der Waals surface area contributed by atoms with Crippen LogP contribution in [0.4, 0.5) is 4.39 Å². The Kier molecular flexibility index (Phi) is 6.49. The third-order valence-electron chi connectivity index (χ3n) is 2.72. The number of aliphatic carboxylic acids is 1. The summed E-state index contributed by atoms with van der Waals surface area (Å²) in [7, 11) is 1.60. The highest BCUT2D eigenvalue weighted by Crippen LogP contribution is 2.15. The molecular weight excluding hydrogens is 265 g/mol. The number of nitrogens with zero attached hydrogens (tertiary/aromatic N) is 1. The lowest BCUT2D eigenvalue weighted by atomic mass is 10.3. The number of carboxylic acids is 1. The van der Waals surface area contributed by atoms with E-state index in [0.717, 1.165) is 0 Å². The lowest BCUT2D eigenvalue weighted by Crippen LogP contribution is -2.29. The molecule has 20 heavy (non-hydrogen) atoms. The number of hydrogen-bond acceptors (Lipinski definition) is 3. The van der Waals surface area contributed by atoms with E-state index in [1.165, 1.54) is 17.0 Å². The number of carbonyl (C=O) groups is 2. The molecule has 6 heteroatoms. The van der Waals surface area contributed by atoms with Crippen LogP contribution in [-0.2, 0) is 9.59 Å². The molecule has 1 rings (SSSR count). The van der Waals surface area contributed by atoms with E-state index in [2.05, 4.69) is 0 Å². The quantitative estimate of drug-likeness (QED) is 0.791. The average molecular weight is 283 g/mol. The molecule has 110 valence electrons. The molecule has 0 bridgehead atoms. The van der Waals surface area contributed by atoms with Gasteiger partial charge in [-0.3, -0.25) is 9.59 Å². The van der Waals surface area contributed by atoms with Gasteiger partial charge in [-0.25, -0.2) is 4.39 Å². The molecule has 0 saturated heterocycles. The normalized spacial score (nSPS) is 10.1. The average Bonchev–Trinajstić information content (AvgIpc) is 2.40. The third-order valence-corrected chi connectivity index (χ3v) is 2.72. The number of amides is 1. The van der Waals surface area contributed by atoms with Gasteiger partial charge < -0.3 is 14.7 Å². The zero-order valence-electron chi connectivity index (χ0n) is 11.3. The molecule has 1 N–H and O–H groups in total. The number of carbonyl (C=O) groups excluding carboxylic acids is 1. The monoisotopic (exact) mass is 283 g/mol. The zero-order valence-corrected chi connectivity index (χ0v) is 11.3. The molecule has 0 aliphatic rings. The Bertz CT molecular complexity index is 464. The molecule has 5 nitrogen and oxygen atoms in total. The van der Waals surface area contributed by atoms with E-state index in [-0.39, 0.29) is 31.1 Å². The molecular formula is C14H18FNO4. The van der Waals surface area contributed by atoms with Crippen LogP contribution in [0.15, 0.2) is 24.3 Å². The molecule has 1 aromatic carbocycles. The number of rotatable bonds is 8. The summed E-state index contributed by atoms with van der Waals surface area (Å²) in [5.41, 5.74) is 0. The molecule has 0 atom stereocenters. The minimum absolute atomic E-state index is 0.0311. The van der Waals surface area contributed by atoms with E-state index >= 15 is 0 Å². The van der Waals surface area contributed by atoms with Crippen LogP contribution in [0.5, 0.6) is 5.75 Å². The number of halogens is 1. The van der Waals surface area contributed by atoms with Gasteiger partial charge in [-0.05, 0) is 18.6 Å². The lowest BCUT2D eigenvalue weighted by molar-refractivity contribution is -0.138. The third kappa shape index (κ3) is 5.69. The Morgan fingerprint density at radius 1 is 1.30 bits per heavy atom. The van der Waals surface area contributed by atoms with E-state index in [0.29, 0.717) is 13.0 Å². The van der Waals surface area contributed by atoms with E-state index < -0.39 is 11.8 Å². The highest BCUT2D eigenvalue weighted by Gasteiger charge is 2.10. The van der Waals surface area contributed by atoms with Crippen molar-refractivity contribution in [2.24, 2.45) is 0 Å². The highest BCUT2D eigenvalue weighted by molar-refractivity contribution is 5.76. The first kappa shape index (κ1) is 15.9. The number of benzene rings is 1. The first-order valence-corrected chi connectivity index (χ1v) is 6.34. The summed E-state index contributed by atoms with van der Waals surface area (Å²) in [5.74, 6) is -1.39. The van der Waals surface area contributed by atoms with Crippen molar-refractivity contribution >= 4 is 11.9 Å². The summed E-state index contributed by atoms with van der Waals surface area (Å²) < 4.78 is 18.4. The minimum atomic E-state index is -0.881. The predicted molar refractivity (Wildman–Crippen MR) is 71.0 cm³/mol. The van der Waals surface area contributed by atoms with Gasteiger partial charge in [0.25, 0.3) is 0 Å². The first-order valence-electron chi connectivity index (χ1n) is 6.34. The van der Waals surface area contributed by atoms with Gasteiger partial charge in [0, 0.05) is 20.0 Å². The van der Waals surface area contributed by atoms with Crippen LogP contribution >= 0.6 is 0 Å². The Balaban J connectivity index is 2.25. The Morgan fingerprint density at radius 2 is 2.00 bits per heavy atom. The lowest BCUT2D eigenvalue weighted by Gasteiger charge is -2.16. The van der Waals surface area contributed by atoms with Crippen LogP contribution in [0.25, 0.3) is 0 Å². The molecule has 1 amide bonds. The summed E-state index contributed by atoms with van der Waals surface area (Å²) in [4.78, 5) is 23.5. The summed E-state index contributed by atoms with van der Waals surface area (Å²) in [6, 6.07) is 5.99. The smallest absolute Gasteiger partial charge is 0.303 e. The van der Waals surface area contributed by atoms with Gasteiger partial charge in [-0.1, -0.05) is 12.1 Å². The van der Waals surface area contributed by atoms with Gasteiger partial charge in [0.1, 0.15) is 0 Å². The second kappa shape index (κ2) is 8.14. The van der Waals surface area contributed by atoms with E-state index in [4.69, 9.17) is 9.84 Å². The van der Waals surface area contributed by atoms with Gasteiger partial charge >= 0.3 is 5.97 Å². The number of ether oxygens (including phenoxy) is 1. The number of para-hydroxylation sites is 1. The van der Waals surface area contributed by atoms with Crippen LogP contribution in [0, 0.1) is 5.82 Å². The van der Waals surface area contributed by atoms with Crippen molar-refractivity contribution in [1.82, 2.24) is 4.90 Å². The van der Waals surface area contributed by atoms with Gasteiger partial charge in [0.05, 0.1) is 13.0 Å². The van der Waals surface area contributed by atoms with Crippen molar-refractivity contribution in [2.75, 3.05) is 20.2 Å². The molecule has 0 aliphatic carbocycles. The molecule has 0 heterocycles. The predicted octanol–water partition coefficient (Wildman–Crippen LogP) is 1.92. The summed E-state index contributed by atoms with van der Waals surface area (Å²) in [6.45, 7) is 0.466. The highest BCUT2D eigenvalue weighted by atomic mass is 19.1. The fourth-order valence-electron chi connectivity index (χ4n) is 1.59. The summed E-state index contributed by atoms with van der Waals surface area (Å²) in [5, 5.41) is 8.50. The van der Waals surface area contributed by atoms with Crippen molar-refractivity contribution in [3.05, 3.63) is 30.1 Å². The Hall–Kier alpha value is -2.11. The topological polar surface area (TPSA) is 66.8 Å². The molecule has 0 fully saturated rings. The molecule has 0 aromatic heterocycles. The molecule has 1 aromatic rings. The van der Waals surface area contributed by atoms with Crippen LogP contribution in [0.1, 0.15) is 19.3 Å². The van der Waals surface area contributed by atoms with Crippen LogP contribution in [0.2, 0.25) is 0 Å². The fourth-order valence-corrected chi connectivity index (χ4v) is 1.59. The SMILES string of the molecule is CN(CCCC(=O)O)C(=O)CCOc1ccccc1F. The zero-order chi connectivity index (χ0) is 15.0. The van der Waals surface area contributed by atoms with Gasteiger partial charge in [-0.15, -0.1) is 0 Å². The van der Waals surface area contributed by atoms with Gasteiger partial charge in [0.2, 0.25) is 5.91 Å². The number of hydrogen-bond donors (Lipinski definition) is 1. The van der Waals surface area contributed by atoms with Crippen LogP contribution in [0.3, 0.4) is 0 Å². The molecule has 0 unspecified atom stereocenters. The van der Waals surface area contributed by atoms with Crippen molar-refractivity contribution in [3.63, 3.8) is 0 Å². The van der Waals surface area contributed by atoms with Gasteiger partial charge in [0.15, 0.2) is 11.6 Å². The first-order chi connectivity index (χ1) is 9.50. The Morgan fingerprint density at radius 3 is 2.65 bits per heavy atom. The standard InChI is InChI=1S/C14H18FNO4/c1-16(9-4-7-14(18)19)13(17)8-10-20-12-6-3-2-5-11(12)15/h2-3,5-6H,4,7-10H2,1H3,(H,18,19). The maximum atomic E-state index is 13.2. The summed E-state index contributed by atoms with van der Waals surface area (Å²) >= 11 is 0. The van der Waals surface area contributed by atoms with Crippen LogP contribution in [-0.4, -0.2) is 42.1 Å². The van der Waals surface area contributed by atoms with E-state index in [9.17, 15) is 14.0 Å². The molecule has 0 spiro atoms. The van der Waals surface area contributed by atoms with E-state index in [1.807, 2.05) is 0 Å². The second-order valence-electron chi connectivity index (χ2n) is 4.34. The largest absolute Gasteiger partial charge is 0.490 e. The second-order valence-corrected chi connectivity index (χ2v) is 4.34. The van der Waals surface area contributed by atoms with Crippen LogP contribution < -0.4 is 4.74 Å². The minimum Gasteiger partial charge on any atom is -0.490 e. The Labute approximate surface area is 117 Å². The van der Waals surface area contributed by atoms with Crippen molar-refractivity contribution < 1.29 is 23.8 Å². The maximum absolute atomic E-state index is 13.2. The molecule has 0 aliphatic heterocycles. The van der Waals surface area contributed by atoms with Crippen molar-refractivity contribution in [2.45, 2.75) is 19.3 Å². The molecule has 0 saturated carbocycles. The van der Waals surface area contributed by atoms with Crippen molar-refractivity contribution in [1.29, 1.82) is 0 Å². The fraction of sp³-hybridized carbons (Fsp3) is 0.429. The summed E-state index contributed by atoms with van der Waals surface area (Å²) in [6.07, 6.45) is 0.562. The van der Waals surface area contributed by atoms with Gasteiger partial charge in [-0.2, -0.15) is 0 Å². The molecule has 0 radical (unpaired) electrons.